The van der Waals surface area contributed by atoms with Crippen LogP contribution in [0.5, 0.6) is 0 Å². The predicted octanol–water partition coefficient (Wildman–Crippen LogP) is 4.07. The summed E-state index contributed by atoms with van der Waals surface area (Å²) in [5, 5.41) is 5.14. The molecule has 0 saturated heterocycles. The number of benzene rings is 2. The van der Waals surface area contributed by atoms with Crippen LogP contribution in [0.1, 0.15) is 24.0 Å². The number of H-pyrrole nitrogens is 1. The van der Waals surface area contributed by atoms with Gasteiger partial charge >= 0.3 is 0 Å². The molecule has 25 heavy (non-hydrogen) atoms. The van der Waals surface area contributed by atoms with Crippen molar-refractivity contribution in [3.63, 3.8) is 0 Å². The van der Waals surface area contributed by atoms with E-state index >= 15 is 0 Å². The first kappa shape index (κ1) is 17.8. The molecule has 0 radical (unpaired) electrons. The summed E-state index contributed by atoms with van der Waals surface area (Å²) in [6, 6.07) is 12.9. The lowest BCUT2D eigenvalue weighted by Gasteiger charge is -2.20. The first-order chi connectivity index (χ1) is 12.0. The number of halogens is 2. The van der Waals surface area contributed by atoms with Gasteiger partial charge in [0, 0.05) is 39.6 Å². The van der Waals surface area contributed by atoms with Gasteiger partial charge < -0.3 is 16.0 Å². The summed E-state index contributed by atoms with van der Waals surface area (Å²) in [5.41, 5.74) is 8.66. The van der Waals surface area contributed by atoms with E-state index in [9.17, 15) is 4.79 Å². The number of nitrogens with two attached hydrogens (primary N) is 1. The third kappa shape index (κ3) is 3.82. The standard InChI is InChI=1S/C19H19Cl2N3O/c1-11(22)19(25)24-10-15(13-7-6-12(20)8-17(13)21)16-9-23-18-5-3-2-4-14(16)18/h2-9,11,15,23H,10,22H2,1H3,(H,24,25)/t11-,15?/m1/s1. The Bertz CT molecular complexity index is 905. The molecule has 1 aromatic heterocycles. The Balaban J connectivity index is 2.03. The second-order valence-corrected chi connectivity index (χ2v) is 6.89. The van der Waals surface area contributed by atoms with E-state index in [-0.39, 0.29) is 11.8 Å². The van der Waals surface area contributed by atoms with Crippen LogP contribution in [0.15, 0.2) is 48.7 Å². The molecule has 0 aliphatic rings. The second-order valence-electron chi connectivity index (χ2n) is 6.04. The summed E-state index contributed by atoms with van der Waals surface area (Å²) in [6.07, 6.45) is 1.96. The van der Waals surface area contributed by atoms with Crippen LogP contribution in [0.3, 0.4) is 0 Å². The molecule has 1 heterocycles. The third-order valence-corrected chi connectivity index (χ3v) is 4.79. The van der Waals surface area contributed by atoms with E-state index in [4.69, 9.17) is 28.9 Å². The molecule has 4 N–H and O–H groups in total. The number of hydrogen-bond donors (Lipinski definition) is 3. The predicted molar refractivity (Wildman–Crippen MR) is 103 cm³/mol. The number of hydrogen-bond acceptors (Lipinski definition) is 2. The number of para-hydroxylation sites is 1. The van der Waals surface area contributed by atoms with Gasteiger partial charge in [-0.15, -0.1) is 0 Å². The number of carbonyl (C=O) groups is 1. The zero-order valence-corrected chi connectivity index (χ0v) is 15.2. The Kier molecular flexibility index (Phi) is 5.33. The molecule has 3 aromatic rings. The van der Waals surface area contributed by atoms with Gasteiger partial charge in [-0.25, -0.2) is 0 Å². The zero-order valence-electron chi connectivity index (χ0n) is 13.7. The van der Waals surface area contributed by atoms with Crippen molar-refractivity contribution >= 4 is 40.0 Å². The summed E-state index contributed by atoms with van der Waals surface area (Å²) < 4.78 is 0. The number of nitrogens with one attached hydrogen (secondary N) is 2. The van der Waals surface area contributed by atoms with Gasteiger partial charge in [-0.2, -0.15) is 0 Å². The molecule has 0 spiro atoms. The molecule has 0 saturated carbocycles. The highest BCUT2D eigenvalue weighted by molar-refractivity contribution is 6.35. The largest absolute Gasteiger partial charge is 0.361 e. The quantitative estimate of drug-likeness (QED) is 0.628. The lowest BCUT2D eigenvalue weighted by molar-refractivity contribution is -0.122. The van der Waals surface area contributed by atoms with Gasteiger partial charge in [0.15, 0.2) is 0 Å². The summed E-state index contributed by atoms with van der Waals surface area (Å²) >= 11 is 12.5. The van der Waals surface area contributed by atoms with Crippen molar-refractivity contribution in [1.29, 1.82) is 0 Å². The second kappa shape index (κ2) is 7.48. The van der Waals surface area contributed by atoms with Crippen LogP contribution < -0.4 is 11.1 Å². The van der Waals surface area contributed by atoms with E-state index in [2.05, 4.69) is 10.3 Å². The van der Waals surface area contributed by atoms with Crippen molar-refractivity contribution in [1.82, 2.24) is 10.3 Å². The van der Waals surface area contributed by atoms with Crippen molar-refractivity contribution in [3.8, 4) is 0 Å². The van der Waals surface area contributed by atoms with E-state index in [0.717, 1.165) is 22.0 Å². The van der Waals surface area contributed by atoms with Crippen LogP contribution >= 0.6 is 23.2 Å². The van der Waals surface area contributed by atoms with Crippen LogP contribution in [0.4, 0.5) is 0 Å². The zero-order chi connectivity index (χ0) is 18.0. The Hall–Kier alpha value is -2.01. The van der Waals surface area contributed by atoms with Crippen molar-refractivity contribution in [2.24, 2.45) is 5.73 Å². The van der Waals surface area contributed by atoms with Crippen LogP contribution in [0.25, 0.3) is 10.9 Å². The lowest BCUT2D eigenvalue weighted by Crippen LogP contribution is -2.40. The fraction of sp³-hybridized carbons (Fsp3) is 0.211. The average molecular weight is 376 g/mol. The topological polar surface area (TPSA) is 70.9 Å². The maximum atomic E-state index is 12.0. The van der Waals surface area contributed by atoms with Crippen LogP contribution in [0, 0.1) is 0 Å². The fourth-order valence-corrected chi connectivity index (χ4v) is 3.46. The smallest absolute Gasteiger partial charge is 0.236 e. The molecule has 2 atom stereocenters. The maximum Gasteiger partial charge on any atom is 0.236 e. The number of aromatic amines is 1. The number of rotatable bonds is 5. The maximum absolute atomic E-state index is 12.0. The fourth-order valence-electron chi connectivity index (χ4n) is 2.92. The molecule has 6 heteroatoms. The summed E-state index contributed by atoms with van der Waals surface area (Å²) in [6.45, 7) is 2.05. The third-order valence-electron chi connectivity index (χ3n) is 4.23. The Morgan fingerprint density at radius 1 is 1.20 bits per heavy atom. The normalized spacial score (nSPS) is 13.6. The Morgan fingerprint density at radius 2 is 1.96 bits per heavy atom. The highest BCUT2D eigenvalue weighted by Crippen LogP contribution is 2.35. The van der Waals surface area contributed by atoms with E-state index < -0.39 is 6.04 Å². The first-order valence-electron chi connectivity index (χ1n) is 8.01. The molecular weight excluding hydrogens is 357 g/mol. The number of fused-ring (bicyclic) bond motifs is 1. The van der Waals surface area contributed by atoms with Gasteiger partial charge in [0.2, 0.25) is 5.91 Å². The molecule has 3 rings (SSSR count). The van der Waals surface area contributed by atoms with Gasteiger partial charge in [-0.1, -0.05) is 47.5 Å². The van der Waals surface area contributed by atoms with Crippen molar-refractivity contribution in [3.05, 3.63) is 69.8 Å². The van der Waals surface area contributed by atoms with E-state index in [1.54, 1.807) is 19.1 Å². The minimum atomic E-state index is -0.565. The number of aromatic nitrogens is 1. The molecule has 0 fully saturated rings. The molecule has 130 valence electrons. The minimum absolute atomic E-state index is 0.122. The molecule has 4 nitrogen and oxygen atoms in total. The highest BCUT2D eigenvalue weighted by atomic mass is 35.5. The monoisotopic (exact) mass is 375 g/mol. The molecule has 0 bridgehead atoms. The van der Waals surface area contributed by atoms with Crippen LogP contribution in [-0.4, -0.2) is 23.5 Å². The van der Waals surface area contributed by atoms with Gasteiger partial charge in [-0.05, 0) is 36.2 Å². The molecular formula is C19H19Cl2N3O. The van der Waals surface area contributed by atoms with Gasteiger partial charge in [0.1, 0.15) is 0 Å². The highest BCUT2D eigenvalue weighted by Gasteiger charge is 2.22. The Morgan fingerprint density at radius 3 is 2.68 bits per heavy atom. The van der Waals surface area contributed by atoms with Gasteiger partial charge in [-0.3, -0.25) is 4.79 Å². The number of amides is 1. The summed E-state index contributed by atoms with van der Waals surface area (Å²) in [7, 11) is 0. The van der Waals surface area contributed by atoms with Crippen LogP contribution in [0.2, 0.25) is 10.0 Å². The van der Waals surface area contributed by atoms with Crippen molar-refractivity contribution in [2.75, 3.05) is 6.54 Å². The first-order valence-corrected chi connectivity index (χ1v) is 8.77. The molecule has 2 aromatic carbocycles. The van der Waals surface area contributed by atoms with Crippen LogP contribution in [-0.2, 0) is 4.79 Å². The van der Waals surface area contributed by atoms with E-state index in [0.29, 0.717) is 16.6 Å². The van der Waals surface area contributed by atoms with Gasteiger partial charge in [0.25, 0.3) is 0 Å². The minimum Gasteiger partial charge on any atom is -0.361 e. The summed E-state index contributed by atoms with van der Waals surface area (Å²) in [4.78, 5) is 15.2. The Labute approximate surface area is 156 Å². The number of carbonyl (C=O) groups excluding carboxylic acids is 1. The van der Waals surface area contributed by atoms with E-state index in [1.807, 2.05) is 36.5 Å². The average Bonchev–Trinajstić information content (AvgIpc) is 3.00. The van der Waals surface area contributed by atoms with Crippen molar-refractivity contribution < 1.29 is 4.79 Å². The molecule has 0 aliphatic carbocycles. The lowest BCUT2D eigenvalue weighted by atomic mass is 9.90. The SMILES string of the molecule is C[C@@H](N)C(=O)NCC(c1ccc(Cl)cc1Cl)c1c[nH]c2ccccc12. The van der Waals surface area contributed by atoms with E-state index in [1.165, 1.54) is 0 Å². The molecule has 0 aliphatic heterocycles. The molecule has 1 unspecified atom stereocenters. The molecule has 1 amide bonds. The van der Waals surface area contributed by atoms with Gasteiger partial charge in [0.05, 0.1) is 6.04 Å². The van der Waals surface area contributed by atoms with Crippen molar-refractivity contribution in [2.45, 2.75) is 18.9 Å². The summed E-state index contributed by atoms with van der Waals surface area (Å²) in [5.74, 6) is -0.321.